The van der Waals surface area contributed by atoms with E-state index in [1.807, 2.05) is 26.1 Å². The molecule has 0 aliphatic carbocycles. The quantitative estimate of drug-likeness (QED) is 0.713. The standard InChI is InChI=1S/C12H12N6/c1-7-5-15-9(6-14-7)12-16-8-3-4-10(13-2)17-11(8)18-12/h3-6H,1-2H3,(H2,13,16,17,18). The van der Waals surface area contributed by atoms with Crippen molar-refractivity contribution < 1.29 is 0 Å². The topological polar surface area (TPSA) is 79.4 Å². The van der Waals surface area contributed by atoms with E-state index in [1.54, 1.807) is 12.4 Å². The van der Waals surface area contributed by atoms with Gasteiger partial charge in [0.2, 0.25) is 0 Å². The third-order valence-corrected chi connectivity index (χ3v) is 2.63. The molecule has 0 unspecified atom stereocenters. The second-order valence-corrected chi connectivity index (χ2v) is 3.95. The molecule has 0 aliphatic heterocycles. The Morgan fingerprint density at radius 1 is 1.11 bits per heavy atom. The van der Waals surface area contributed by atoms with Crippen molar-refractivity contribution in [3.63, 3.8) is 0 Å². The van der Waals surface area contributed by atoms with Gasteiger partial charge in [-0.15, -0.1) is 0 Å². The molecule has 0 bridgehead atoms. The molecular weight excluding hydrogens is 228 g/mol. The molecule has 3 aromatic heterocycles. The van der Waals surface area contributed by atoms with Gasteiger partial charge >= 0.3 is 0 Å². The van der Waals surface area contributed by atoms with E-state index in [0.717, 1.165) is 17.0 Å². The number of aryl methyl sites for hydroxylation is 1. The number of anilines is 1. The van der Waals surface area contributed by atoms with Crippen LogP contribution in [0.2, 0.25) is 0 Å². The molecule has 0 amide bonds. The van der Waals surface area contributed by atoms with Gasteiger partial charge in [0.1, 0.15) is 11.5 Å². The highest BCUT2D eigenvalue weighted by molar-refractivity contribution is 5.76. The Labute approximate surface area is 104 Å². The molecule has 0 spiro atoms. The van der Waals surface area contributed by atoms with Gasteiger partial charge < -0.3 is 10.3 Å². The maximum atomic E-state index is 4.41. The van der Waals surface area contributed by atoms with Crippen molar-refractivity contribution in [2.75, 3.05) is 12.4 Å². The first-order valence-electron chi connectivity index (χ1n) is 5.60. The van der Waals surface area contributed by atoms with E-state index in [-0.39, 0.29) is 0 Å². The van der Waals surface area contributed by atoms with Gasteiger partial charge in [0, 0.05) is 13.2 Å². The number of imidazole rings is 1. The van der Waals surface area contributed by atoms with Crippen molar-refractivity contribution in [3.05, 3.63) is 30.2 Å². The van der Waals surface area contributed by atoms with Crippen LogP contribution in [0, 0.1) is 6.92 Å². The molecule has 0 fully saturated rings. The van der Waals surface area contributed by atoms with Gasteiger partial charge in [-0.1, -0.05) is 0 Å². The summed E-state index contributed by atoms with van der Waals surface area (Å²) in [5.41, 5.74) is 3.14. The van der Waals surface area contributed by atoms with Gasteiger partial charge in [0.15, 0.2) is 11.5 Å². The van der Waals surface area contributed by atoms with Crippen molar-refractivity contribution in [3.8, 4) is 11.5 Å². The third kappa shape index (κ3) is 1.77. The van der Waals surface area contributed by atoms with Gasteiger partial charge in [-0.25, -0.2) is 15.0 Å². The molecule has 2 N–H and O–H groups in total. The molecule has 6 nitrogen and oxygen atoms in total. The fraction of sp³-hybridized carbons (Fsp3) is 0.167. The zero-order valence-electron chi connectivity index (χ0n) is 10.1. The molecule has 0 saturated carbocycles. The zero-order valence-corrected chi connectivity index (χ0v) is 10.1. The molecule has 0 radical (unpaired) electrons. The van der Waals surface area contributed by atoms with Crippen LogP contribution in [0.5, 0.6) is 0 Å². The highest BCUT2D eigenvalue weighted by Crippen LogP contribution is 2.18. The smallest absolute Gasteiger partial charge is 0.180 e. The first kappa shape index (κ1) is 10.6. The number of aromatic nitrogens is 5. The Bertz CT molecular complexity index is 685. The number of nitrogens with zero attached hydrogens (tertiary/aromatic N) is 4. The number of hydrogen-bond acceptors (Lipinski definition) is 5. The van der Waals surface area contributed by atoms with E-state index in [1.165, 1.54) is 0 Å². The molecular formula is C12H12N6. The van der Waals surface area contributed by atoms with Crippen molar-refractivity contribution >= 4 is 17.0 Å². The molecule has 6 heteroatoms. The van der Waals surface area contributed by atoms with Crippen LogP contribution < -0.4 is 5.32 Å². The van der Waals surface area contributed by atoms with Gasteiger partial charge in [-0.3, -0.25) is 4.98 Å². The summed E-state index contributed by atoms with van der Waals surface area (Å²) in [5.74, 6) is 1.47. The maximum Gasteiger partial charge on any atom is 0.180 e. The minimum atomic E-state index is 0.666. The Balaban J connectivity index is 2.10. The summed E-state index contributed by atoms with van der Waals surface area (Å²) < 4.78 is 0. The molecule has 0 aliphatic rings. The van der Waals surface area contributed by atoms with Crippen LogP contribution in [-0.4, -0.2) is 32.0 Å². The van der Waals surface area contributed by atoms with Crippen LogP contribution in [-0.2, 0) is 0 Å². The van der Waals surface area contributed by atoms with Gasteiger partial charge in [0.25, 0.3) is 0 Å². The number of aromatic amines is 1. The molecule has 3 aromatic rings. The molecule has 3 heterocycles. The highest BCUT2D eigenvalue weighted by atomic mass is 15.1. The Hall–Kier alpha value is -2.50. The van der Waals surface area contributed by atoms with Gasteiger partial charge in [0.05, 0.1) is 17.4 Å². The summed E-state index contributed by atoms with van der Waals surface area (Å²) in [6.07, 6.45) is 3.42. The zero-order chi connectivity index (χ0) is 12.5. The van der Waals surface area contributed by atoms with Crippen LogP contribution in [0.3, 0.4) is 0 Å². The Kier molecular flexibility index (Phi) is 2.40. The second kappa shape index (κ2) is 4.06. The SMILES string of the molecule is CNc1ccc2[nH]c(-c3cnc(C)cn3)nc2n1. The van der Waals surface area contributed by atoms with Crippen molar-refractivity contribution in [1.29, 1.82) is 0 Å². The maximum absolute atomic E-state index is 4.41. The number of hydrogen-bond donors (Lipinski definition) is 2. The summed E-state index contributed by atoms with van der Waals surface area (Å²) in [6, 6.07) is 3.83. The lowest BCUT2D eigenvalue weighted by molar-refractivity contribution is 1.10. The van der Waals surface area contributed by atoms with Gasteiger partial charge in [-0.05, 0) is 19.1 Å². The van der Waals surface area contributed by atoms with E-state index in [2.05, 4.69) is 30.2 Å². The summed E-state index contributed by atoms with van der Waals surface area (Å²) >= 11 is 0. The summed E-state index contributed by atoms with van der Waals surface area (Å²) in [4.78, 5) is 20.4. The predicted octanol–water partition coefficient (Wildman–Crippen LogP) is 1.77. The molecule has 0 atom stereocenters. The molecule has 90 valence electrons. The number of H-pyrrole nitrogens is 1. The van der Waals surface area contributed by atoms with Crippen LogP contribution in [0.25, 0.3) is 22.7 Å². The van der Waals surface area contributed by atoms with E-state index in [4.69, 9.17) is 0 Å². The van der Waals surface area contributed by atoms with E-state index in [9.17, 15) is 0 Å². The van der Waals surface area contributed by atoms with Crippen LogP contribution >= 0.6 is 0 Å². The number of fused-ring (bicyclic) bond motifs is 1. The Morgan fingerprint density at radius 3 is 2.72 bits per heavy atom. The lowest BCUT2D eigenvalue weighted by atomic mass is 10.4. The molecule has 18 heavy (non-hydrogen) atoms. The first-order chi connectivity index (χ1) is 8.76. The first-order valence-corrected chi connectivity index (χ1v) is 5.60. The van der Waals surface area contributed by atoms with Crippen molar-refractivity contribution in [2.45, 2.75) is 6.92 Å². The predicted molar refractivity (Wildman–Crippen MR) is 69.2 cm³/mol. The van der Waals surface area contributed by atoms with Gasteiger partial charge in [-0.2, -0.15) is 0 Å². The average molecular weight is 240 g/mol. The highest BCUT2D eigenvalue weighted by Gasteiger charge is 2.08. The number of nitrogens with one attached hydrogen (secondary N) is 2. The summed E-state index contributed by atoms with van der Waals surface area (Å²) in [5, 5.41) is 2.98. The molecule has 0 saturated heterocycles. The molecule has 3 rings (SSSR count). The monoisotopic (exact) mass is 240 g/mol. The Morgan fingerprint density at radius 2 is 2.00 bits per heavy atom. The average Bonchev–Trinajstić information content (AvgIpc) is 2.82. The fourth-order valence-corrected chi connectivity index (χ4v) is 1.67. The third-order valence-electron chi connectivity index (χ3n) is 2.63. The second-order valence-electron chi connectivity index (χ2n) is 3.95. The van der Waals surface area contributed by atoms with E-state index >= 15 is 0 Å². The molecule has 0 aromatic carbocycles. The van der Waals surface area contributed by atoms with Crippen LogP contribution in [0.4, 0.5) is 5.82 Å². The number of pyridine rings is 1. The minimum absolute atomic E-state index is 0.666. The fourth-order valence-electron chi connectivity index (χ4n) is 1.67. The van der Waals surface area contributed by atoms with Crippen molar-refractivity contribution in [2.24, 2.45) is 0 Å². The van der Waals surface area contributed by atoms with Crippen molar-refractivity contribution in [1.82, 2.24) is 24.9 Å². The van der Waals surface area contributed by atoms with E-state index < -0.39 is 0 Å². The normalized spacial score (nSPS) is 10.8. The lowest BCUT2D eigenvalue weighted by Crippen LogP contribution is -1.91. The summed E-state index contributed by atoms with van der Waals surface area (Å²) in [7, 11) is 1.83. The number of rotatable bonds is 2. The largest absolute Gasteiger partial charge is 0.373 e. The van der Waals surface area contributed by atoms with E-state index in [0.29, 0.717) is 17.2 Å². The summed E-state index contributed by atoms with van der Waals surface area (Å²) in [6.45, 7) is 1.90. The van der Waals surface area contributed by atoms with Crippen LogP contribution in [0.15, 0.2) is 24.5 Å². The minimum Gasteiger partial charge on any atom is -0.373 e. The lowest BCUT2D eigenvalue weighted by Gasteiger charge is -1.95. The van der Waals surface area contributed by atoms with Crippen LogP contribution in [0.1, 0.15) is 5.69 Å².